The fourth-order valence-corrected chi connectivity index (χ4v) is 9.30. The Bertz CT molecular complexity index is 3840. The van der Waals surface area contributed by atoms with Crippen LogP contribution < -0.4 is 32.0 Å². The van der Waals surface area contributed by atoms with Gasteiger partial charge in [0, 0.05) is 101 Å². The van der Waals surface area contributed by atoms with Crippen LogP contribution in [0.2, 0.25) is 0 Å². The zero-order valence-corrected chi connectivity index (χ0v) is 45.1. The molecule has 1 aliphatic carbocycles. The fraction of sp³-hybridized carbons (Fsp3) is 0.237. The van der Waals surface area contributed by atoms with Crippen molar-refractivity contribution in [3.05, 3.63) is 160 Å². The third-order valence-corrected chi connectivity index (χ3v) is 13.6. The summed E-state index contributed by atoms with van der Waals surface area (Å²) in [5.74, 6) is -7.03. The van der Waals surface area contributed by atoms with Gasteiger partial charge in [-0.2, -0.15) is 0 Å². The van der Waals surface area contributed by atoms with Gasteiger partial charge in [0.1, 0.15) is 60.4 Å². The highest BCUT2D eigenvalue weighted by Crippen LogP contribution is 2.42. The molecule has 6 aromatic rings. The number of aromatic amines is 1. The zero-order valence-electron chi connectivity index (χ0n) is 45.1. The quantitative estimate of drug-likeness (QED) is 0.0175. The summed E-state index contributed by atoms with van der Waals surface area (Å²) in [6.07, 6.45) is 1.47. The first-order valence-electron chi connectivity index (χ1n) is 25.8. The van der Waals surface area contributed by atoms with E-state index in [0.717, 1.165) is 14.2 Å². The largest absolute Gasteiger partial charge is 0.508 e. The highest BCUT2D eigenvalue weighted by Gasteiger charge is 2.34. The Balaban J connectivity index is 0.976. The lowest BCUT2D eigenvalue weighted by Gasteiger charge is -2.26. The number of halogens is 2. The van der Waals surface area contributed by atoms with Gasteiger partial charge in [0.05, 0.1) is 27.0 Å². The van der Waals surface area contributed by atoms with Crippen LogP contribution in [0.5, 0.6) is 5.75 Å². The molecular weight excluding hydrogens is 1100 g/mol. The van der Waals surface area contributed by atoms with Crippen molar-refractivity contribution in [2.75, 3.05) is 26.2 Å². The Hall–Kier alpha value is -10.6. The third kappa shape index (κ3) is 14.5. The van der Waals surface area contributed by atoms with Crippen LogP contribution in [-0.4, -0.2) is 118 Å². The summed E-state index contributed by atoms with van der Waals surface area (Å²) in [6, 6.07) is 16.9. The van der Waals surface area contributed by atoms with Gasteiger partial charge in [-0.25, -0.2) is 18.6 Å². The number of aromatic nitrogens is 3. The highest BCUT2D eigenvalue weighted by atomic mass is 19.1. The van der Waals surface area contributed by atoms with Gasteiger partial charge in [0.15, 0.2) is 17.5 Å². The topological polar surface area (TPSA) is 326 Å². The highest BCUT2D eigenvalue weighted by molar-refractivity contribution is 6.09. The van der Waals surface area contributed by atoms with Crippen molar-refractivity contribution in [3.8, 4) is 28.2 Å². The number of alkyl carbamates (subject to hydrolysis) is 1. The van der Waals surface area contributed by atoms with E-state index in [1.54, 1.807) is 48.1 Å². The lowest BCUT2D eigenvalue weighted by Crippen LogP contribution is -2.58. The van der Waals surface area contributed by atoms with Crippen molar-refractivity contribution < 1.29 is 75.7 Å². The molecule has 7 N–H and O–H groups in total. The number of nitrogens with one attached hydrogen (secondary N) is 6. The number of methoxy groups -OCH3 is 2. The van der Waals surface area contributed by atoms with Crippen LogP contribution in [0.25, 0.3) is 44.3 Å². The lowest BCUT2D eigenvalue weighted by molar-refractivity contribution is -0.144. The molecule has 0 radical (unpaired) electrons. The number of hydrogen-bond donors (Lipinski definition) is 7. The second kappa shape index (κ2) is 26.8. The number of esters is 2. The summed E-state index contributed by atoms with van der Waals surface area (Å²) >= 11 is 0. The number of ether oxygens (including phenoxy) is 3. The number of nitrogens with zero attached hydrogens (tertiary/aromatic N) is 2. The maximum atomic E-state index is 14.7. The molecule has 1 aliphatic heterocycles. The van der Waals surface area contributed by atoms with Crippen molar-refractivity contribution in [3.63, 3.8) is 0 Å². The molecule has 0 bridgehead atoms. The molecule has 4 aromatic carbocycles. The smallest absolute Gasteiger partial charge is 0.408 e. The maximum Gasteiger partial charge on any atom is 0.408 e. The van der Waals surface area contributed by atoms with E-state index < -0.39 is 103 Å². The van der Waals surface area contributed by atoms with Crippen LogP contribution in [0, 0.1) is 5.82 Å². The van der Waals surface area contributed by atoms with Gasteiger partial charge >= 0.3 is 18.0 Å². The molecule has 2 aromatic heterocycles. The zero-order chi connectivity index (χ0) is 60.2. The number of aldehydes is 1. The van der Waals surface area contributed by atoms with Crippen molar-refractivity contribution in [2.24, 2.45) is 7.05 Å². The average Bonchev–Trinajstić information content (AvgIpc) is 1.89. The van der Waals surface area contributed by atoms with Crippen LogP contribution in [-0.2, 0) is 69.5 Å². The summed E-state index contributed by atoms with van der Waals surface area (Å²) in [5.41, 5.74) is 3.68. The van der Waals surface area contributed by atoms with Crippen LogP contribution in [0.4, 0.5) is 19.3 Å². The second-order valence-electron chi connectivity index (χ2n) is 19.2. The number of phenolic OH excluding ortho intramolecular Hbond substituents is 1. The number of phenols is 1. The monoisotopic (exact) mass is 1150 g/mol. The number of carbonyl (C=O) groups is 9. The number of rotatable bonds is 24. The van der Waals surface area contributed by atoms with E-state index >= 15 is 0 Å². The van der Waals surface area contributed by atoms with Gasteiger partial charge in [-0.05, 0) is 89.8 Å². The first-order chi connectivity index (χ1) is 40.3. The first-order valence-corrected chi connectivity index (χ1v) is 25.8. The van der Waals surface area contributed by atoms with E-state index in [0.29, 0.717) is 61.8 Å². The van der Waals surface area contributed by atoms with Crippen LogP contribution >= 0.6 is 0 Å². The molecule has 0 spiro atoms. The molecule has 0 saturated heterocycles. The average molecular weight is 1150 g/mol. The van der Waals surface area contributed by atoms with Crippen molar-refractivity contribution >= 4 is 81.3 Å². The molecular formula is C59H54F2N8O15. The minimum atomic E-state index is -1.69. The standard InChI is InChI=1S/C59H54F2N8O15/c1-69-27-33(43-20-35(61)7-16-48(43)69)19-46(57(78)65-44(15-17-52(74)81-2)56(77)67-47(21-37-26-62-30-63-37)58(79)66-45(49(73)25-60)24-53(75)82-3)68-59(80)83-29-31-4-8-36(9-5-31)64-55(76)32-6-12-40(34(18-32)28-70)54-41-13-10-38(71)22-50(41)84-51-23-39(72)11-14-42(51)54/h4-14,16,18,20,22-23,26-28,30,44-47,71H,15,17,19,21,24-25,29H2,1-3H3,(H,62,63)(H,64,76)(H,65,78)(H,66,79)(H,67,77)(H,68,80). The number of ketones is 1. The predicted octanol–water partition coefficient (Wildman–Crippen LogP) is 5.28. The number of Topliss-reactive ketones (excluding diaryl/α,β-unsaturated/α-hetero) is 1. The van der Waals surface area contributed by atoms with Crippen LogP contribution in [0.3, 0.4) is 0 Å². The number of aromatic hydroxyl groups is 1. The molecule has 3 heterocycles. The normalized spacial score (nSPS) is 12.5. The number of amides is 5. The summed E-state index contributed by atoms with van der Waals surface area (Å²) < 4.78 is 50.7. The number of H-pyrrole nitrogens is 1. The number of imidazole rings is 1. The molecule has 4 unspecified atom stereocenters. The Morgan fingerprint density at radius 2 is 1.48 bits per heavy atom. The Morgan fingerprint density at radius 1 is 0.774 bits per heavy atom. The molecule has 5 amide bonds. The van der Waals surface area contributed by atoms with Crippen LogP contribution in [0.15, 0.2) is 125 Å². The number of carbonyl (C=O) groups excluding carboxylic acids is 9. The third-order valence-electron chi connectivity index (χ3n) is 13.6. The Labute approximate surface area is 475 Å². The molecule has 0 saturated carbocycles. The van der Waals surface area contributed by atoms with Gasteiger partial charge in [-0.1, -0.05) is 18.2 Å². The molecule has 8 rings (SSSR count). The molecule has 23 nitrogen and oxygen atoms in total. The summed E-state index contributed by atoms with van der Waals surface area (Å²) in [5, 5.41) is 23.6. The van der Waals surface area contributed by atoms with Gasteiger partial charge in [0.2, 0.25) is 17.7 Å². The summed E-state index contributed by atoms with van der Waals surface area (Å²) in [4.78, 5) is 138. The molecule has 2 aliphatic rings. The number of alkyl halides is 1. The Morgan fingerprint density at radius 3 is 2.18 bits per heavy atom. The van der Waals surface area contributed by atoms with E-state index in [-0.39, 0.29) is 53.1 Å². The molecule has 4 atom stereocenters. The van der Waals surface area contributed by atoms with Gasteiger partial charge < -0.3 is 59.9 Å². The first kappa shape index (κ1) is 59.5. The molecule has 25 heteroatoms. The Kier molecular flexibility index (Phi) is 19.0. The minimum absolute atomic E-state index is 0.0808. The van der Waals surface area contributed by atoms with E-state index in [1.807, 2.05) is 0 Å². The van der Waals surface area contributed by atoms with Crippen molar-refractivity contribution in [2.45, 2.75) is 62.9 Å². The summed E-state index contributed by atoms with van der Waals surface area (Å²) in [7, 11) is 3.80. The number of benzene rings is 5. The van der Waals surface area contributed by atoms with Crippen LogP contribution in [0.1, 0.15) is 56.8 Å². The van der Waals surface area contributed by atoms with Crippen molar-refractivity contribution in [1.29, 1.82) is 0 Å². The van der Waals surface area contributed by atoms with Gasteiger partial charge in [-0.15, -0.1) is 0 Å². The second-order valence-corrected chi connectivity index (χ2v) is 19.2. The maximum absolute atomic E-state index is 14.7. The molecule has 434 valence electrons. The molecule has 84 heavy (non-hydrogen) atoms. The number of fused-ring (bicyclic) bond motifs is 3. The number of anilines is 1. The number of hydrogen-bond acceptors (Lipinski definition) is 16. The molecule has 0 fully saturated rings. The van der Waals surface area contributed by atoms with E-state index in [2.05, 4.69) is 41.3 Å². The fourth-order valence-electron chi connectivity index (χ4n) is 9.30. The van der Waals surface area contributed by atoms with E-state index in [4.69, 9.17) is 13.9 Å². The van der Waals surface area contributed by atoms with Gasteiger partial charge in [0.25, 0.3) is 5.91 Å². The van der Waals surface area contributed by atoms with Gasteiger partial charge in [-0.3, -0.25) is 43.2 Å². The van der Waals surface area contributed by atoms with Crippen molar-refractivity contribution in [1.82, 2.24) is 35.8 Å². The number of aryl methyl sites for hydroxylation is 1. The van der Waals surface area contributed by atoms with E-state index in [9.17, 15) is 61.8 Å². The van der Waals surface area contributed by atoms with E-state index in [1.165, 1.54) is 79.3 Å². The summed E-state index contributed by atoms with van der Waals surface area (Å²) in [6.45, 7) is -1.92. The minimum Gasteiger partial charge on any atom is -0.508 e. The predicted molar refractivity (Wildman–Crippen MR) is 297 cm³/mol. The lowest BCUT2D eigenvalue weighted by atomic mass is 9.90. The SMILES string of the molecule is COC(=O)CCC(NC(=O)C(Cc1cn(C)c2ccc(F)cc12)NC(=O)OCc1ccc(NC(=O)c2ccc(-c3c4ccc(=O)cc-4oc4cc(O)ccc34)c(C=O)c2)cc1)C(=O)NC(Cc1cnc[nH]1)C(=O)NC(CC(=O)OC)C(=O)CF.